The number of aliphatic carboxylic acids is 1. The van der Waals surface area contributed by atoms with Crippen molar-refractivity contribution < 1.29 is 15.0 Å². The molecular weight excluding hydrogens is 176 g/mol. The van der Waals surface area contributed by atoms with E-state index >= 15 is 0 Å². The molecule has 3 unspecified atom stereocenters. The molecule has 0 saturated carbocycles. The van der Waals surface area contributed by atoms with E-state index in [0.29, 0.717) is 0 Å². The third kappa shape index (κ3) is 2.07. The van der Waals surface area contributed by atoms with Gasteiger partial charge in [0.25, 0.3) is 0 Å². The number of carbonyl (C=O) groups is 1. The first-order valence-corrected chi connectivity index (χ1v) is 3.75. The number of hydrogen-bond acceptors (Lipinski definition) is 6. The third-order valence-electron chi connectivity index (χ3n) is 1.85. The van der Waals surface area contributed by atoms with Crippen molar-refractivity contribution in [3.63, 3.8) is 0 Å². The van der Waals surface area contributed by atoms with Gasteiger partial charge in [0.05, 0.1) is 18.7 Å². The summed E-state index contributed by atoms with van der Waals surface area (Å²) in [5, 5.41) is 20.4. The van der Waals surface area contributed by atoms with Crippen LogP contribution in [0, 0.1) is 0 Å². The maximum absolute atomic E-state index is 10.5. The summed E-state index contributed by atoms with van der Waals surface area (Å²) in [4.78, 5) is 14.2. The topological polar surface area (TPSA) is 134 Å². The summed E-state index contributed by atoms with van der Waals surface area (Å²) >= 11 is 0. The zero-order chi connectivity index (χ0) is 10.0. The Bertz CT molecular complexity index is 242. The fraction of sp³-hybridized carbons (Fsp3) is 0.667. The molecule has 7 N–H and O–H groups in total. The summed E-state index contributed by atoms with van der Waals surface area (Å²) in [5.74, 6) is -1.08. The van der Waals surface area contributed by atoms with Crippen molar-refractivity contribution in [3.05, 3.63) is 0 Å². The molecule has 7 heteroatoms. The van der Waals surface area contributed by atoms with Gasteiger partial charge in [0, 0.05) is 0 Å². The van der Waals surface area contributed by atoms with Gasteiger partial charge in [-0.05, 0) is 0 Å². The fourth-order valence-corrected chi connectivity index (χ4v) is 1.10. The van der Waals surface area contributed by atoms with Crippen LogP contribution in [0.15, 0.2) is 4.99 Å². The van der Waals surface area contributed by atoms with Crippen LogP contribution in [0.2, 0.25) is 0 Å². The Kier molecular flexibility index (Phi) is 2.69. The Morgan fingerprint density at radius 1 is 1.77 bits per heavy atom. The maximum atomic E-state index is 10.5. The van der Waals surface area contributed by atoms with E-state index in [1.807, 2.05) is 0 Å². The molecule has 1 aliphatic heterocycles. The van der Waals surface area contributed by atoms with Crippen LogP contribution < -0.4 is 16.8 Å². The van der Waals surface area contributed by atoms with E-state index in [2.05, 4.69) is 10.3 Å². The lowest BCUT2D eigenvalue weighted by atomic mass is 10.0. The van der Waals surface area contributed by atoms with Crippen molar-refractivity contribution in [2.24, 2.45) is 16.5 Å². The van der Waals surface area contributed by atoms with Gasteiger partial charge >= 0.3 is 5.97 Å². The van der Waals surface area contributed by atoms with Crippen molar-refractivity contribution in [3.8, 4) is 0 Å². The van der Waals surface area contributed by atoms with Gasteiger partial charge in [0.15, 0.2) is 5.96 Å². The quantitative estimate of drug-likeness (QED) is 0.314. The molecular formula is C6H12N4O3. The fourth-order valence-electron chi connectivity index (χ4n) is 1.10. The van der Waals surface area contributed by atoms with Crippen LogP contribution in [-0.2, 0) is 4.79 Å². The van der Waals surface area contributed by atoms with E-state index < -0.39 is 24.2 Å². The number of nitrogens with zero attached hydrogens (tertiary/aromatic N) is 1. The molecule has 0 aromatic rings. The van der Waals surface area contributed by atoms with Crippen LogP contribution in [0.4, 0.5) is 0 Å². The van der Waals surface area contributed by atoms with E-state index in [0.717, 1.165) is 0 Å². The predicted octanol–water partition coefficient (Wildman–Crippen LogP) is -2.95. The highest BCUT2D eigenvalue weighted by molar-refractivity contribution is 5.81. The minimum atomic E-state index is -1.19. The first-order chi connectivity index (χ1) is 6.02. The van der Waals surface area contributed by atoms with Crippen LogP contribution >= 0.6 is 0 Å². The van der Waals surface area contributed by atoms with E-state index in [9.17, 15) is 9.90 Å². The van der Waals surface area contributed by atoms with Gasteiger partial charge in [0.2, 0.25) is 0 Å². The average molecular weight is 188 g/mol. The molecule has 0 aromatic carbocycles. The van der Waals surface area contributed by atoms with Crippen molar-refractivity contribution in [1.29, 1.82) is 0 Å². The van der Waals surface area contributed by atoms with Gasteiger partial charge in [-0.2, -0.15) is 0 Å². The Morgan fingerprint density at radius 3 is 2.92 bits per heavy atom. The Hall–Kier alpha value is -1.34. The van der Waals surface area contributed by atoms with Crippen LogP contribution in [0.3, 0.4) is 0 Å². The number of guanidine groups is 1. The van der Waals surface area contributed by atoms with Gasteiger partial charge in [-0.25, -0.2) is 0 Å². The van der Waals surface area contributed by atoms with Crippen LogP contribution in [0.25, 0.3) is 0 Å². The number of carboxylic acids is 1. The molecule has 0 aliphatic carbocycles. The molecule has 0 aromatic heterocycles. The van der Waals surface area contributed by atoms with Crippen molar-refractivity contribution >= 4 is 11.9 Å². The largest absolute Gasteiger partial charge is 0.480 e. The molecule has 1 aliphatic rings. The van der Waals surface area contributed by atoms with Gasteiger partial charge in [-0.1, -0.05) is 0 Å². The monoisotopic (exact) mass is 188 g/mol. The van der Waals surface area contributed by atoms with E-state index in [-0.39, 0.29) is 12.5 Å². The Morgan fingerprint density at radius 2 is 2.38 bits per heavy atom. The second-order valence-electron chi connectivity index (χ2n) is 2.83. The summed E-state index contributed by atoms with van der Waals surface area (Å²) in [7, 11) is 0. The second-order valence-corrected chi connectivity index (χ2v) is 2.83. The molecule has 3 atom stereocenters. The number of aliphatic hydroxyl groups excluding tert-OH is 1. The number of hydrogen-bond donors (Lipinski definition) is 5. The molecule has 0 spiro atoms. The van der Waals surface area contributed by atoms with Crippen molar-refractivity contribution in [2.75, 3.05) is 6.54 Å². The van der Waals surface area contributed by atoms with Gasteiger partial charge in [-0.15, -0.1) is 0 Å². The van der Waals surface area contributed by atoms with Crippen LogP contribution in [-0.4, -0.2) is 46.9 Å². The van der Waals surface area contributed by atoms with Gasteiger partial charge in [-0.3, -0.25) is 9.79 Å². The third-order valence-corrected chi connectivity index (χ3v) is 1.85. The first kappa shape index (κ1) is 9.75. The number of carboxylic acid groups (broad SMARTS) is 1. The summed E-state index contributed by atoms with van der Waals surface area (Å²) in [6.07, 6.45) is -0.918. The highest BCUT2D eigenvalue weighted by Crippen LogP contribution is 2.03. The van der Waals surface area contributed by atoms with Crippen molar-refractivity contribution in [1.82, 2.24) is 5.32 Å². The number of aliphatic imine (C=N–C) groups is 1. The minimum Gasteiger partial charge on any atom is -0.480 e. The second kappa shape index (κ2) is 3.58. The molecule has 1 heterocycles. The number of aliphatic hydroxyl groups is 1. The maximum Gasteiger partial charge on any atom is 0.322 e. The smallest absolute Gasteiger partial charge is 0.322 e. The minimum absolute atomic E-state index is 0.0739. The summed E-state index contributed by atoms with van der Waals surface area (Å²) in [5.41, 5.74) is 10.6. The van der Waals surface area contributed by atoms with Crippen molar-refractivity contribution in [2.45, 2.75) is 18.2 Å². The highest BCUT2D eigenvalue weighted by atomic mass is 16.4. The molecule has 7 nitrogen and oxygen atoms in total. The van der Waals surface area contributed by atoms with Crippen LogP contribution in [0.5, 0.6) is 0 Å². The Balaban J connectivity index is 2.69. The highest BCUT2D eigenvalue weighted by Gasteiger charge is 2.33. The number of nitrogens with one attached hydrogen (secondary N) is 1. The standard InChI is InChI=1S/C6H12N4O3/c7-3(5(12)13)4-2(11)1-9-6(8)10-4/h2-4,11H,1,7H2,(H,12,13)(H3,8,9,10). The molecule has 13 heavy (non-hydrogen) atoms. The normalized spacial score (nSPS) is 30.2. The average Bonchev–Trinajstić information content (AvgIpc) is 2.08. The van der Waals surface area contributed by atoms with E-state index in [1.54, 1.807) is 0 Å². The molecule has 0 fully saturated rings. The Labute approximate surface area is 74.4 Å². The lowest BCUT2D eigenvalue weighted by Gasteiger charge is -2.29. The lowest BCUT2D eigenvalue weighted by Crippen LogP contribution is -2.61. The summed E-state index contributed by atoms with van der Waals surface area (Å²) < 4.78 is 0. The SMILES string of the molecule is NC1=NCC(O)C(C(N)C(=O)O)N1. The number of nitrogens with two attached hydrogens (primary N) is 2. The van der Waals surface area contributed by atoms with Gasteiger partial charge in [0.1, 0.15) is 6.04 Å². The summed E-state index contributed by atoms with van der Waals surface area (Å²) in [6, 6.07) is -1.97. The first-order valence-electron chi connectivity index (χ1n) is 3.75. The van der Waals surface area contributed by atoms with Gasteiger partial charge < -0.3 is 27.0 Å². The van der Waals surface area contributed by atoms with E-state index in [4.69, 9.17) is 16.6 Å². The predicted molar refractivity (Wildman–Crippen MR) is 45.0 cm³/mol. The molecule has 0 radical (unpaired) electrons. The van der Waals surface area contributed by atoms with Crippen LogP contribution in [0.1, 0.15) is 0 Å². The molecule has 0 bridgehead atoms. The molecule has 74 valence electrons. The number of rotatable bonds is 2. The molecule has 1 rings (SSSR count). The zero-order valence-electron chi connectivity index (χ0n) is 6.84. The van der Waals surface area contributed by atoms with E-state index in [1.165, 1.54) is 0 Å². The molecule has 0 saturated heterocycles. The lowest BCUT2D eigenvalue weighted by molar-refractivity contribution is -0.140. The summed E-state index contributed by atoms with van der Waals surface area (Å²) in [6.45, 7) is 0.0739. The zero-order valence-corrected chi connectivity index (χ0v) is 6.84. The molecule has 0 amide bonds.